The van der Waals surface area contributed by atoms with E-state index in [1.165, 1.54) is 12.1 Å². The van der Waals surface area contributed by atoms with E-state index in [1.807, 2.05) is 18.2 Å². The lowest BCUT2D eigenvalue weighted by Gasteiger charge is -2.32. The molecule has 1 amide bonds. The van der Waals surface area contributed by atoms with E-state index in [0.717, 1.165) is 43.3 Å². The molecule has 33 heavy (non-hydrogen) atoms. The van der Waals surface area contributed by atoms with E-state index < -0.39 is 16.1 Å². The third kappa shape index (κ3) is 7.26. The van der Waals surface area contributed by atoms with Crippen LogP contribution in [0.5, 0.6) is 5.75 Å². The molecule has 0 spiro atoms. The second kappa shape index (κ2) is 11.1. The van der Waals surface area contributed by atoms with Crippen LogP contribution in [0.3, 0.4) is 0 Å². The molecule has 0 unspecified atom stereocenters. The molecule has 1 heterocycles. The summed E-state index contributed by atoms with van der Waals surface area (Å²) in [5.41, 5.74) is 1.64. The van der Waals surface area contributed by atoms with Gasteiger partial charge in [-0.3, -0.25) is 4.79 Å². The monoisotopic (exact) mass is 476 g/mol. The third-order valence-electron chi connectivity index (χ3n) is 5.84. The van der Waals surface area contributed by atoms with Crippen LogP contribution < -0.4 is 4.74 Å². The zero-order chi connectivity index (χ0) is 24.0. The Labute approximate surface area is 195 Å². The van der Waals surface area contributed by atoms with Gasteiger partial charge in [0.2, 0.25) is 5.91 Å². The first-order valence-electron chi connectivity index (χ1n) is 11.0. The average Bonchev–Trinajstić information content (AvgIpc) is 3.29. The van der Waals surface area contributed by atoms with E-state index in [2.05, 4.69) is 4.90 Å². The smallest absolute Gasteiger partial charge is 0.227 e. The van der Waals surface area contributed by atoms with Crippen molar-refractivity contribution in [2.45, 2.75) is 36.5 Å². The fraction of sp³-hybridized carbons (Fsp3) is 0.458. The zero-order valence-corrected chi connectivity index (χ0v) is 19.9. The number of aliphatic hydroxyl groups is 2. The number of likely N-dealkylation sites (N-methyl/N-ethyl adjacent to an activating group) is 1. The number of ether oxygens (including phenoxy) is 1. The number of nitrogens with zero attached hydrogens (tertiary/aromatic N) is 2. The Balaban J connectivity index is 1.78. The predicted molar refractivity (Wildman–Crippen MR) is 125 cm³/mol. The topological polar surface area (TPSA) is 107 Å². The van der Waals surface area contributed by atoms with Crippen molar-refractivity contribution >= 4 is 15.7 Å². The van der Waals surface area contributed by atoms with E-state index in [9.17, 15) is 13.2 Å². The van der Waals surface area contributed by atoms with Gasteiger partial charge in [-0.2, -0.15) is 0 Å². The number of carbonyl (C=O) groups is 1. The molecule has 0 radical (unpaired) electrons. The van der Waals surface area contributed by atoms with E-state index in [4.69, 9.17) is 14.9 Å². The van der Waals surface area contributed by atoms with E-state index in [1.54, 1.807) is 30.1 Å². The highest BCUT2D eigenvalue weighted by Crippen LogP contribution is 2.27. The lowest BCUT2D eigenvalue weighted by Crippen LogP contribution is -2.39. The van der Waals surface area contributed by atoms with Crippen molar-refractivity contribution in [1.29, 1.82) is 0 Å². The van der Waals surface area contributed by atoms with Gasteiger partial charge in [-0.25, -0.2) is 8.42 Å². The highest BCUT2D eigenvalue weighted by molar-refractivity contribution is 7.90. The standard InChI is InChI=1S/C24H32N2O6S/c1-25(23(27)14-18-8-10-21(11-9-18)33(2,30)31)22(16-26-12-3-4-13-26)19-6-5-7-20(15-19)32-17-24(28)29/h5-11,15,22,24,28-29H,3-4,12-14,16-17H2,1-2H3/t22-/m1/s1. The van der Waals surface area contributed by atoms with Crippen LogP contribution in [0.4, 0.5) is 0 Å². The van der Waals surface area contributed by atoms with Gasteiger partial charge in [-0.05, 0) is 61.3 Å². The summed E-state index contributed by atoms with van der Waals surface area (Å²) < 4.78 is 28.8. The number of likely N-dealkylation sites (tertiary alicyclic amines) is 1. The summed E-state index contributed by atoms with van der Waals surface area (Å²) in [6, 6.07) is 13.5. The SMILES string of the molecule is CN(C(=O)Cc1ccc(S(C)(=O)=O)cc1)[C@H](CN1CCCC1)c1cccc(OCC(O)O)c1. The van der Waals surface area contributed by atoms with Crippen molar-refractivity contribution in [2.75, 3.05) is 39.5 Å². The molecule has 0 aromatic heterocycles. The zero-order valence-electron chi connectivity index (χ0n) is 19.1. The molecular formula is C24H32N2O6S. The molecule has 1 fully saturated rings. The van der Waals surface area contributed by atoms with Crippen molar-refractivity contribution in [1.82, 2.24) is 9.80 Å². The maximum absolute atomic E-state index is 13.2. The van der Waals surface area contributed by atoms with Crippen LogP contribution >= 0.6 is 0 Å². The molecule has 1 saturated heterocycles. The van der Waals surface area contributed by atoms with Gasteiger partial charge < -0.3 is 24.7 Å². The number of benzene rings is 2. The first-order chi connectivity index (χ1) is 15.6. The molecule has 1 aliphatic rings. The van der Waals surface area contributed by atoms with Gasteiger partial charge in [0, 0.05) is 19.8 Å². The molecule has 2 aromatic carbocycles. The first kappa shape index (κ1) is 25.2. The Kier molecular flexibility index (Phi) is 8.47. The molecule has 8 nitrogen and oxygen atoms in total. The fourth-order valence-corrected chi connectivity index (χ4v) is 4.60. The molecule has 1 aliphatic heterocycles. The van der Waals surface area contributed by atoms with E-state index in [-0.39, 0.29) is 29.9 Å². The molecule has 9 heteroatoms. The van der Waals surface area contributed by atoms with Gasteiger partial charge >= 0.3 is 0 Å². The maximum atomic E-state index is 13.2. The largest absolute Gasteiger partial charge is 0.488 e. The van der Waals surface area contributed by atoms with Crippen LogP contribution in [0.25, 0.3) is 0 Å². The lowest BCUT2D eigenvalue weighted by atomic mass is 10.0. The van der Waals surface area contributed by atoms with Gasteiger partial charge in [0.25, 0.3) is 0 Å². The van der Waals surface area contributed by atoms with Gasteiger partial charge in [0.15, 0.2) is 16.1 Å². The summed E-state index contributed by atoms with van der Waals surface area (Å²) >= 11 is 0. The van der Waals surface area contributed by atoms with Gasteiger partial charge in [-0.15, -0.1) is 0 Å². The Hall–Kier alpha value is -2.46. The van der Waals surface area contributed by atoms with Crippen LogP contribution in [0.2, 0.25) is 0 Å². The number of hydrogen-bond acceptors (Lipinski definition) is 7. The highest BCUT2D eigenvalue weighted by atomic mass is 32.2. The Morgan fingerprint density at radius 1 is 1.12 bits per heavy atom. The summed E-state index contributed by atoms with van der Waals surface area (Å²) in [7, 11) is -1.51. The number of carbonyl (C=O) groups excluding carboxylic acids is 1. The molecule has 0 aliphatic carbocycles. The van der Waals surface area contributed by atoms with Gasteiger partial charge in [0.05, 0.1) is 17.4 Å². The number of sulfone groups is 1. The number of amides is 1. The maximum Gasteiger partial charge on any atom is 0.227 e. The minimum absolute atomic E-state index is 0.0802. The molecule has 0 saturated carbocycles. The molecular weight excluding hydrogens is 444 g/mol. The van der Waals surface area contributed by atoms with Gasteiger partial charge in [-0.1, -0.05) is 24.3 Å². The lowest BCUT2D eigenvalue weighted by molar-refractivity contribution is -0.131. The summed E-state index contributed by atoms with van der Waals surface area (Å²) in [6.45, 7) is 2.41. The fourth-order valence-electron chi connectivity index (χ4n) is 3.97. The quantitative estimate of drug-likeness (QED) is 0.502. The van der Waals surface area contributed by atoms with Crippen LogP contribution in [0, 0.1) is 0 Å². The summed E-state index contributed by atoms with van der Waals surface area (Å²) in [4.78, 5) is 17.5. The first-order valence-corrected chi connectivity index (χ1v) is 12.9. The number of hydrogen-bond donors (Lipinski definition) is 2. The van der Waals surface area contributed by atoms with Crippen molar-refractivity contribution in [3.63, 3.8) is 0 Å². The average molecular weight is 477 g/mol. The molecule has 2 N–H and O–H groups in total. The van der Waals surface area contributed by atoms with E-state index >= 15 is 0 Å². The number of aliphatic hydroxyl groups excluding tert-OH is 1. The van der Waals surface area contributed by atoms with Crippen molar-refractivity contribution < 1.29 is 28.2 Å². The van der Waals surface area contributed by atoms with Crippen molar-refractivity contribution in [3.8, 4) is 5.75 Å². The second-order valence-electron chi connectivity index (χ2n) is 8.49. The molecule has 180 valence electrons. The van der Waals surface area contributed by atoms with Gasteiger partial charge in [0.1, 0.15) is 12.4 Å². The predicted octanol–water partition coefficient (Wildman–Crippen LogP) is 1.62. The summed E-state index contributed by atoms with van der Waals surface area (Å²) in [5, 5.41) is 18.2. The van der Waals surface area contributed by atoms with Crippen molar-refractivity contribution in [2.24, 2.45) is 0 Å². The van der Waals surface area contributed by atoms with Crippen molar-refractivity contribution in [3.05, 3.63) is 59.7 Å². The molecule has 0 bridgehead atoms. The molecule has 3 rings (SSSR count). The van der Waals surface area contributed by atoms with Crippen LogP contribution in [-0.2, 0) is 21.1 Å². The van der Waals surface area contributed by atoms with Crippen LogP contribution in [-0.4, -0.2) is 80.2 Å². The molecule has 2 aromatic rings. The Bertz CT molecular complexity index is 1030. The number of rotatable bonds is 10. The third-order valence-corrected chi connectivity index (χ3v) is 6.97. The normalized spacial score (nSPS) is 15.5. The van der Waals surface area contributed by atoms with Crippen LogP contribution in [0.1, 0.15) is 30.0 Å². The Morgan fingerprint density at radius 3 is 2.39 bits per heavy atom. The minimum Gasteiger partial charge on any atom is -0.488 e. The summed E-state index contributed by atoms with van der Waals surface area (Å²) in [6.07, 6.45) is 2.02. The van der Waals surface area contributed by atoms with E-state index in [0.29, 0.717) is 12.3 Å². The summed E-state index contributed by atoms with van der Waals surface area (Å²) in [5.74, 6) is 0.424. The van der Waals surface area contributed by atoms with Crippen LogP contribution in [0.15, 0.2) is 53.4 Å². The minimum atomic E-state index is -3.29. The Morgan fingerprint density at radius 2 is 1.79 bits per heavy atom. The second-order valence-corrected chi connectivity index (χ2v) is 10.5. The highest BCUT2D eigenvalue weighted by Gasteiger charge is 2.26. The molecule has 1 atom stereocenters.